The first-order valence-corrected chi connectivity index (χ1v) is 7.73. The van der Waals surface area contributed by atoms with Gasteiger partial charge in [0.1, 0.15) is 0 Å². The van der Waals surface area contributed by atoms with Gasteiger partial charge in [-0.25, -0.2) is 0 Å². The molecule has 0 unspecified atom stereocenters. The van der Waals surface area contributed by atoms with E-state index in [0.717, 1.165) is 18.5 Å². The zero-order chi connectivity index (χ0) is 16.5. The van der Waals surface area contributed by atoms with Crippen molar-refractivity contribution in [2.24, 2.45) is 5.92 Å². The first-order chi connectivity index (χ1) is 10.4. The van der Waals surface area contributed by atoms with Crippen LogP contribution >= 0.6 is 0 Å². The molecular formula is C17H26N2O3. The van der Waals surface area contributed by atoms with Gasteiger partial charge >= 0.3 is 5.97 Å². The van der Waals surface area contributed by atoms with Crippen LogP contribution in [0.5, 0.6) is 0 Å². The summed E-state index contributed by atoms with van der Waals surface area (Å²) in [5.41, 5.74) is 1.57. The van der Waals surface area contributed by atoms with Crippen LogP contribution in [0.2, 0.25) is 0 Å². The van der Waals surface area contributed by atoms with Gasteiger partial charge in [-0.15, -0.1) is 0 Å². The monoisotopic (exact) mass is 306 g/mol. The minimum atomic E-state index is -0.834. The Morgan fingerprint density at radius 3 is 2.64 bits per heavy atom. The molecule has 0 fully saturated rings. The quantitative estimate of drug-likeness (QED) is 0.735. The summed E-state index contributed by atoms with van der Waals surface area (Å²) >= 11 is 0. The lowest BCUT2D eigenvalue weighted by atomic mass is 10.1. The van der Waals surface area contributed by atoms with E-state index in [-0.39, 0.29) is 12.5 Å². The lowest BCUT2D eigenvalue weighted by molar-refractivity contribution is -0.138. The summed E-state index contributed by atoms with van der Waals surface area (Å²) in [6, 6.07) is 7.37. The first kappa shape index (κ1) is 18.2. The van der Waals surface area contributed by atoms with Crippen LogP contribution in [-0.2, 0) is 11.3 Å². The van der Waals surface area contributed by atoms with Crippen molar-refractivity contribution in [1.82, 2.24) is 10.2 Å². The molecule has 0 saturated heterocycles. The Morgan fingerprint density at radius 2 is 2.05 bits per heavy atom. The fourth-order valence-electron chi connectivity index (χ4n) is 2.19. The number of aliphatic carboxylic acids is 1. The number of hydrogen-bond donors (Lipinski definition) is 2. The van der Waals surface area contributed by atoms with Gasteiger partial charge in [-0.05, 0) is 36.6 Å². The van der Waals surface area contributed by atoms with Gasteiger partial charge in [0.2, 0.25) is 0 Å². The zero-order valence-electron chi connectivity index (χ0n) is 13.6. The van der Waals surface area contributed by atoms with Crippen molar-refractivity contribution in [2.45, 2.75) is 33.7 Å². The second-order valence-electron chi connectivity index (χ2n) is 5.91. The van der Waals surface area contributed by atoms with Crippen molar-refractivity contribution < 1.29 is 14.7 Å². The number of carbonyl (C=O) groups is 2. The molecule has 122 valence electrons. The zero-order valence-corrected chi connectivity index (χ0v) is 13.6. The van der Waals surface area contributed by atoms with Gasteiger partial charge in [0.25, 0.3) is 5.91 Å². The lowest BCUT2D eigenvalue weighted by Gasteiger charge is -2.19. The fraction of sp³-hybridized carbons (Fsp3) is 0.529. The van der Waals surface area contributed by atoms with Crippen molar-refractivity contribution in [2.75, 3.05) is 19.6 Å². The van der Waals surface area contributed by atoms with E-state index in [1.165, 1.54) is 0 Å². The van der Waals surface area contributed by atoms with Crippen LogP contribution in [0.1, 0.15) is 43.1 Å². The van der Waals surface area contributed by atoms with Gasteiger partial charge in [-0.1, -0.05) is 32.9 Å². The molecule has 0 atom stereocenters. The number of rotatable bonds is 9. The number of nitrogens with zero attached hydrogens (tertiary/aromatic N) is 1. The van der Waals surface area contributed by atoms with Crippen molar-refractivity contribution in [3.05, 3.63) is 35.4 Å². The molecular weight excluding hydrogens is 280 g/mol. The highest BCUT2D eigenvalue weighted by atomic mass is 16.4. The van der Waals surface area contributed by atoms with E-state index in [1.54, 1.807) is 6.07 Å². The highest BCUT2D eigenvalue weighted by molar-refractivity contribution is 5.94. The molecule has 5 nitrogen and oxygen atoms in total. The molecule has 0 heterocycles. The number of amides is 1. The maximum absolute atomic E-state index is 12.1. The molecule has 0 spiro atoms. The summed E-state index contributed by atoms with van der Waals surface area (Å²) in [6.07, 6.45) is 0.891. The average Bonchev–Trinajstić information content (AvgIpc) is 2.44. The molecule has 1 amide bonds. The Hall–Kier alpha value is -1.88. The van der Waals surface area contributed by atoms with Crippen molar-refractivity contribution >= 4 is 11.9 Å². The molecule has 0 aliphatic carbocycles. The maximum Gasteiger partial charge on any atom is 0.317 e. The molecule has 0 aliphatic rings. The smallest absolute Gasteiger partial charge is 0.317 e. The molecule has 2 N–H and O–H groups in total. The van der Waals surface area contributed by atoms with Crippen molar-refractivity contribution in [3.8, 4) is 0 Å². The second kappa shape index (κ2) is 9.20. The summed E-state index contributed by atoms with van der Waals surface area (Å²) in [5.74, 6) is -0.516. The van der Waals surface area contributed by atoms with Gasteiger partial charge in [-0.3, -0.25) is 14.5 Å². The normalized spacial score (nSPS) is 11.0. The third-order valence-corrected chi connectivity index (χ3v) is 3.16. The molecule has 0 bridgehead atoms. The van der Waals surface area contributed by atoms with Crippen molar-refractivity contribution in [1.29, 1.82) is 0 Å². The van der Waals surface area contributed by atoms with E-state index in [4.69, 9.17) is 5.11 Å². The summed E-state index contributed by atoms with van der Waals surface area (Å²) in [5, 5.41) is 11.8. The van der Waals surface area contributed by atoms with Crippen molar-refractivity contribution in [3.63, 3.8) is 0 Å². The van der Waals surface area contributed by atoms with Crippen LogP contribution in [0.3, 0.4) is 0 Å². The Morgan fingerprint density at radius 1 is 1.32 bits per heavy atom. The Labute approximate surface area is 132 Å². The first-order valence-electron chi connectivity index (χ1n) is 7.73. The van der Waals surface area contributed by atoms with Gasteiger partial charge in [-0.2, -0.15) is 0 Å². The highest BCUT2D eigenvalue weighted by Crippen LogP contribution is 2.09. The predicted octanol–water partition coefficient (Wildman–Crippen LogP) is 2.37. The van der Waals surface area contributed by atoms with E-state index in [9.17, 15) is 9.59 Å². The third kappa shape index (κ3) is 6.72. The van der Waals surface area contributed by atoms with Gasteiger partial charge < -0.3 is 10.4 Å². The van der Waals surface area contributed by atoms with Crippen LogP contribution in [0, 0.1) is 5.92 Å². The molecule has 5 heteroatoms. The van der Waals surface area contributed by atoms with E-state index in [0.29, 0.717) is 24.6 Å². The van der Waals surface area contributed by atoms with E-state index >= 15 is 0 Å². The number of nitrogens with one attached hydrogen (secondary N) is 1. The lowest BCUT2D eigenvalue weighted by Crippen LogP contribution is -2.30. The molecule has 0 aromatic heterocycles. The molecule has 0 radical (unpaired) electrons. The molecule has 22 heavy (non-hydrogen) atoms. The summed E-state index contributed by atoms with van der Waals surface area (Å²) in [4.78, 5) is 24.8. The summed E-state index contributed by atoms with van der Waals surface area (Å²) < 4.78 is 0. The second-order valence-corrected chi connectivity index (χ2v) is 5.91. The molecule has 0 aliphatic heterocycles. The summed E-state index contributed by atoms with van der Waals surface area (Å²) in [7, 11) is 0. The third-order valence-electron chi connectivity index (χ3n) is 3.16. The fourth-order valence-corrected chi connectivity index (χ4v) is 2.19. The number of carboxylic acid groups (broad SMARTS) is 1. The van der Waals surface area contributed by atoms with E-state index in [2.05, 4.69) is 5.32 Å². The average molecular weight is 306 g/mol. The molecule has 1 rings (SSSR count). The number of hydrogen-bond acceptors (Lipinski definition) is 3. The number of benzene rings is 1. The van der Waals surface area contributed by atoms with E-state index in [1.807, 2.05) is 43.9 Å². The van der Waals surface area contributed by atoms with Crippen LogP contribution in [0.25, 0.3) is 0 Å². The maximum atomic E-state index is 12.1. The minimum absolute atomic E-state index is 0.0115. The van der Waals surface area contributed by atoms with Crippen LogP contribution < -0.4 is 5.32 Å². The summed E-state index contributed by atoms with van der Waals surface area (Å²) in [6.45, 7) is 8.02. The standard InChI is InChI=1S/C17H26N2O3/c1-4-8-19(12-16(20)21)11-14-6-5-7-15(9-14)17(22)18-10-13(2)3/h5-7,9,13H,4,8,10-12H2,1-3H3,(H,18,22)(H,20,21). The Bertz CT molecular complexity index is 500. The van der Waals surface area contributed by atoms with Gasteiger partial charge in [0, 0.05) is 18.7 Å². The molecule has 0 saturated carbocycles. The van der Waals surface area contributed by atoms with Gasteiger partial charge in [0.05, 0.1) is 6.54 Å². The molecule has 1 aromatic rings. The number of carboxylic acids is 1. The Kier molecular flexibility index (Phi) is 7.60. The Balaban J connectivity index is 2.73. The highest BCUT2D eigenvalue weighted by Gasteiger charge is 2.11. The SMILES string of the molecule is CCCN(CC(=O)O)Cc1cccc(C(=O)NCC(C)C)c1. The van der Waals surface area contributed by atoms with E-state index < -0.39 is 5.97 Å². The van der Waals surface area contributed by atoms with Crippen LogP contribution in [-0.4, -0.2) is 41.5 Å². The van der Waals surface area contributed by atoms with Crippen LogP contribution in [0.15, 0.2) is 24.3 Å². The topological polar surface area (TPSA) is 69.6 Å². The minimum Gasteiger partial charge on any atom is -0.480 e. The predicted molar refractivity (Wildman–Crippen MR) is 86.8 cm³/mol. The number of carbonyl (C=O) groups excluding carboxylic acids is 1. The van der Waals surface area contributed by atoms with Gasteiger partial charge in [0.15, 0.2) is 0 Å². The van der Waals surface area contributed by atoms with Crippen LogP contribution in [0.4, 0.5) is 0 Å². The molecule has 1 aromatic carbocycles. The largest absolute Gasteiger partial charge is 0.480 e.